The lowest BCUT2D eigenvalue weighted by Gasteiger charge is -2.05. The molecule has 1 aromatic carbocycles. The summed E-state index contributed by atoms with van der Waals surface area (Å²) in [7, 11) is 4.81. The van der Waals surface area contributed by atoms with E-state index < -0.39 is 0 Å². The highest BCUT2D eigenvalue weighted by Gasteiger charge is 2.18. The molecule has 6 nitrogen and oxygen atoms in total. The number of allylic oxidation sites excluding steroid dienone is 8. The number of aromatic nitrogens is 1. The monoisotopic (exact) mass is 534 g/mol. The first-order chi connectivity index (χ1) is 18.5. The molecule has 0 aliphatic heterocycles. The van der Waals surface area contributed by atoms with Crippen LogP contribution in [0, 0.1) is 12.8 Å². The maximum Gasteiger partial charge on any atom is 0.255 e. The minimum absolute atomic E-state index is 0.174. The lowest BCUT2D eigenvalue weighted by molar-refractivity contribution is -0.113. The Kier molecular flexibility index (Phi) is 15.6. The molecule has 0 fully saturated rings. The van der Waals surface area contributed by atoms with Crippen LogP contribution >= 0.6 is 11.3 Å². The van der Waals surface area contributed by atoms with Crippen LogP contribution in [0.4, 0.5) is 5.13 Å². The number of hydrogen-bond donors (Lipinski definition) is 1. The minimum Gasteiger partial charge on any atom is -0.501 e. The van der Waals surface area contributed by atoms with Gasteiger partial charge in [0.1, 0.15) is 0 Å². The summed E-state index contributed by atoms with van der Waals surface area (Å²) in [4.78, 5) is 18.9. The quantitative estimate of drug-likeness (QED) is 0.155. The Labute approximate surface area is 231 Å². The van der Waals surface area contributed by atoms with Crippen molar-refractivity contribution < 1.29 is 19.0 Å². The fraction of sp³-hybridized carbons (Fsp3) is 0.290. The maximum atomic E-state index is 13.0. The zero-order chi connectivity index (χ0) is 28.3. The lowest BCUT2D eigenvalue weighted by Crippen LogP contribution is -2.17. The summed E-state index contributed by atoms with van der Waals surface area (Å²) in [6, 6.07) is 10.2. The third-order valence-corrected chi connectivity index (χ3v) is 6.13. The number of thiazole rings is 1. The van der Waals surface area contributed by atoms with E-state index in [1.54, 1.807) is 33.5 Å². The molecule has 1 aliphatic rings. The molecule has 0 unspecified atom stereocenters. The summed E-state index contributed by atoms with van der Waals surface area (Å²) >= 11 is 1.48. The van der Waals surface area contributed by atoms with Gasteiger partial charge in [-0.25, -0.2) is 4.98 Å². The Morgan fingerprint density at radius 1 is 1.11 bits per heavy atom. The van der Waals surface area contributed by atoms with Crippen LogP contribution in [0.15, 0.2) is 83.9 Å². The molecular weight excluding hydrogens is 496 g/mol. The molecule has 7 heteroatoms. The zero-order valence-corrected chi connectivity index (χ0v) is 23.9. The number of carbonyl (C=O) groups excluding carboxylic acids is 1. The van der Waals surface area contributed by atoms with Crippen molar-refractivity contribution in [2.45, 2.75) is 33.6 Å². The molecule has 0 saturated carbocycles. The van der Waals surface area contributed by atoms with E-state index in [2.05, 4.69) is 36.4 Å². The Balaban J connectivity index is 0.00000172. The first-order valence-electron chi connectivity index (χ1n) is 12.2. The summed E-state index contributed by atoms with van der Waals surface area (Å²) in [6.07, 6.45) is 20.9. The molecule has 2 aromatic rings. The van der Waals surface area contributed by atoms with E-state index in [1.807, 2.05) is 57.2 Å². The van der Waals surface area contributed by atoms with Gasteiger partial charge >= 0.3 is 0 Å². The van der Waals surface area contributed by atoms with Crippen molar-refractivity contribution in [1.29, 1.82) is 0 Å². The summed E-state index contributed by atoms with van der Waals surface area (Å²) in [6.45, 7) is 5.99. The Bertz CT molecular complexity index is 1180. The topological polar surface area (TPSA) is 69.7 Å². The standard InChI is InChI=1S/C27H30N2O4S.C2H6.C2H2/c1-19(32-3)13-14-22(18-31-2)26(30)29-27-28-25(21-11-8-12-23(33-4)16-15-21)24(34-27)17-20-9-6-5-7-10-20;2*1-2/h5-11,13-16H,12,17-18H2,1-4H3,(H,28,29,30);1-2H3;1-2H/b19-13+,22-14+;;. The highest BCUT2D eigenvalue weighted by atomic mass is 32.1. The molecular formula is C31H38N2O4S. The van der Waals surface area contributed by atoms with Gasteiger partial charge in [0.25, 0.3) is 5.91 Å². The van der Waals surface area contributed by atoms with Crippen LogP contribution in [0.2, 0.25) is 0 Å². The molecule has 0 atom stereocenters. The van der Waals surface area contributed by atoms with Crippen LogP contribution in [0.1, 0.15) is 43.3 Å². The second kappa shape index (κ2) is 18.4. The van der Waals surface area contributed by atoms with Crippen molar-refractivity contribution in [3.05, 3.63) is 100 Å². The number of rotatable bonds is 10. The largest absolute Gasteiger partial charge is 0.501 e. The van der Waals surface area contributed by atoms with Crippen LogP contribution in [0.3, 0.4) is 0 Å². The van der Waals surface area contributed by atoms with Gasteiger partial charge in [0.05, 0.1) is 38.0 Å². The Morgan fingerprint density at radius 2 is 1.82 bits per heavy atom. The van der Waals surface area contributed by atoms with Gasteiger partial charge in [0.15, 0.2) is 5.13 Å². The highest BCUT2D eigenvalue weighted by Crippen LogP contribution is 2.32. The van der Waals surface area contributed by atoms with Crippen LogP contribution in [0.25, 0.3) is 5.57 Å². The maximum absolute atomic E-state index is 13.0. The number of nitrogens with one attached hydrogen (secondary N) is 1. The number of benzene rings is 1. The number of nitrogens with zero attached hydrogens (tertiary/aromatic N) is 1. The number of carbonyl (C=O) groups is 1. The van der Waals surface area contributed by atoms with Crippen molar-refractivity contribution in [2.24, 2.45) is 0 Å². The first kappa shape index (κ1) is 32.2. The van der Waals surface area contributed by atoms with Crippen molar-refractivity contribution in [1.82, 2.24) is 4.98 Å². The Morgan fingerprint density at radius 3 is 2.45 bits per heavy atom. The second-order valence-electron chi connectivity index (χ2n) is 7.58. The van der Waals surface area contributed by atoms with Gasteiger partial charge < -0.3 is 14.2 Å². The van der Waals surface area contributed by atoms with Crippen molar-refractivity contribution in [3.8, 4) is 12.8 Å². The molecule has 0 spiro atoms. The predicted molar refractivity (Wildman–Crippen MR) is 159 cm³/mol. The summed E-state index contributed by atoms with van der Waals surface area (Å²) in [5, 5.41) is 3.49. The molecule has 0 radical (unpaired) electrons. The fourth-order valence-corrected chi connectivity index (χ4v) is 4.27. The van der Waals surface area contributed by atoms with Crippen molar-refractivity contribution in [2.75, 3.05) is 33.3 Å². The molecule has 1 N–H and O–H groups in total. The fourth-order valence-electron chi connectivity index (χ4n) is 3.26. The van der Waals surface area contributed by atoms with Crippen LogP contribution in [-0.2, 0) is 25.4 Å². The average Bonchev–Trinajstić information content (AvgIpc) is 3.19. The van der Waals surface area contributed by atoms with Gasteiger partial charge in [-0.1, -0.05) is 56.3 Å². The normalized spacial score (nSPS) is 12.9. The highest BCUT2D eigenvalue weighted by molar-refractivity contribution is 7.16. The molecule has 202 valence electrons. The summed E-state index contributed by atoms with van der Waals surface area (Å²) < 4.78 is 15.8. The number of terminal acetylenes is 1. The predicted octanol–water partition coefficient (Wildman–Crippen LogP) is 6.94. The SMILES string of the molecule is C#C.CC.COC/C(=C\C=C(/C)OC)C(=O)Nc1nc(C2=CC=C(OC)CC=C2)c(Cc2ccccc2)s1. The molecule has 3 rings (SSSR count). The van der Waals surface area contributed by atoms with Crippen LogP contribution in [-0.4, -0.2) is 38.8 Å². The third kappa shape index (κ3) is 10.3. The zero-order valence-electron chi connectivity index (χ0n) is 23.1. The first-order valence-corrected chi connectivity index (χ1v) is 13.1. The van der Waals surface area contributed by atoms with Crippen LogP contribution < -0.4 is 5.32 Å². The molecule has 1 aliphatic carbocycles. The van der Waals surface area contributed by atoms with Gasteiger partial charge in [-0.3, -0.25) is 10.1 Å². The van der Waals surface area contributed by atoms with E-state index in [0.717, 1.165) is 28.3 Å². The smallest absolute Gasteiger partial charge is 0.255 e. The second-order valence-corrected chi connectivity index (χ2v) is 8.66. The number of hydrogen-bond acceptors (Lipinski definition) is 6. The van der Waals surface area contributed by atoms with Crippen molar-refractivity contribution in [3.63, 3.8) is 0 Å². The van der Waals surface area contributed by atoms with Crippen molar-refractivity contribution >= 4 is 27.9 Å². The molecule has 1 aromatic heterocycles. The summed E-state index contributed by atoms with van der Waals surface area (Å²) in [5.74, 6) is 1.31. The van der Waals surface area contributed by atoms with E-state index in [9.17, 15) is 4.79 Å². The van der Waals surface area contributed by atoms with E-state index in [-0.39, 0.29) is 12.5 Å². The lowest BCUT2D eigenvalue weighted by atomic mass is 10.1. The van der Waals surface area contributed by atoms with Gasteiger partial charge in [-0.2, -0.15) is 0 Å². The van der Waals surface area contributed by atoms with E-state index >= 15 is 0 Å². The van der Waals surface area contributed by atoms with E-state index in [4.69, 9.17) is 19.2 Å². The van der Waals surface area contributed by atoms with E-state index in [0.29, 0.717) is 22.9 Å². The number of anilines is 1. The molecule has 0 bridgehead atoms. The average molecular weight is 535 g/mol. The molecule has 0 saturated heterocycles. The van der Waals surface area contributed by atoms with Gasteiger partial charge in [0.2, 0.25) is 0 Å². The number of methoxy groups -OCH3 is 3. The van der Waals surface area contributed by atoms with Gasteiger partial charge in [-0.05, 0) is 36.8 Å². The Hall–Kier alpha value is -3.86. The molecule has 1 heterocycles. The molecule has 38 heavy (non-hydrogen) atoms. The summed E-state index contributed by atoms with van der Waals surface area (Å²) in [5.41, 5.74) is 3.47. The number of ether oxygens (including phenoxy) is 3. The molecule has 1 amide bonds. The third-order valence-electron chi connectivity index (χ3n) is 5.16. The van der Waals surface area contributed by atoms with E-state index in [1.165, 1.54) is 16.9 Å². The van der Waals surface area contributed by atoms with Gasteiger partial charge in [0, 0.05) is 36.0 Å². The van der Waals surface area contributed by atoms with Crippen LogP contribution in [0.5, 0.6) is 0 Å². The number of amides is 1. The minimum atomic E-state index is -0.263. The van der Waals surface area contributed by atoms with Gasteiger partial charge in [-0.15, -0.1) is 24.2 Å².